The fraction of sp³-hybridized carbons (Fsp3) is 0.833. The van der Waals surface area contributed by atoms with Gasteiger partial charge in [-0.1, -0.05) is 13.8 Å². The van der Waals surface area contributed by atoms with E-state index in [4.69, 9.17) is 5.21 Å². The number of rotatable bonds is 0. The Morgan fingerprint density at radius 3 is 2.33 bits per heavy atom. The monoisotopic (exact) mass is 129 g/mol. The molecule has 1 rings (SSSR count). The van der Waals surface area contributed by atoms with E-state index in [1.165, 1.54) is 0 Å². The summed E-state index contributed by atoms with van der Waals surface area (Å²) in [6, 6.07) is 0. The standard InChI is InChI=1S/C6H11NO2/c1-6(2)4-7(9)3-5(6)8/h9H,3-4H2,1-2H3. The molecule has 0 aromatic rings. The lowest BCUT2D eigenvalue weighted by Crippen LogP contribution is -2.21. The molecule has 1 aliphatic heterocycles. The zero-order valence-electron chi connectivity index (χ0n) is 5.72. The van der Waals surface area contributed by atoms with E-state index in [2.05, 4.69) is 0 Å². The quantitative estimate of drug-likeness (QED) is 0.511. The third-order valence-corrected chi connectivity index (χ3v) is 1.66. The van der Waals surface area contributed by atoms with Gasteiger partial charge in [0.2, 0.25) is 0 Å². The van der Waals surface area contributed by atoms with Crippen LogP contribution >= 0.6 is 0 Å². The van der Waals surface area contributed by atoms with Crippen LogP contribution in [0.2, 0.25) is 0 Å². The molecular formula is C6H11NO2. The molecular weight excluding hydrogens is 118 g/mol. The van der Waals surface area contributed by atoms with E-state index in [9.17, 15) is 4.79 Å². The summed E-state index contributed by atoms with van der Waals surface area (Å²) >= 11 is 0. The van der Waals surface area contributed by atoms with E-state index in [1.54, 1.807) is 0 Å². The SMILES string of the molecule is CC1(C)CN(O)CC1=O. The minimum Gasteiger partial charge on any atom is -0.314 e. The van der Waals surface area contributed by atoms with Gasteiger partial charge in [0.05, 0.1) is 6.54 Å². The summed E-state index contributed by atoms with van der Waals surface area (Å²) in [5.41, 5.74) is -0.339. The van der Waals surface area contributed by atoms with Crippen LogP contribution in [-0.4, -0.2) is 29.1 Å². The van der Waals surface area contributed by atoms with Gasteiger partial charge in [-0.2, -0.15) is 5.06 Å². The number of ketones is 1. The summed E-state index contributed by atoms with van der Waals surface area (Å²) in [5.74, 6) is 0.116. The molecule has 0 saturated carbocycles. The second kappa shape index (κ2) is 1.78. The second-order valence-corrected chi connectivity index (χ2v) is 3.13. The fourth-order valence-corrected chi connectivity index (χ4v) is 0.980. The molecule has 0 atom stereocenters. The molecule has 1 heterocycles. The molecule has 3 nitrogen and oxygen atoms in total. The van der Waals surface area contributed by atoms with Gasteiger partial charge < -0.3 is 5.21 Å². The van der Waals surface area contributed by atoms with Crippen molar-refractivity contribution in [2.45, 2.75) is 13.8 Å². The summed E-state index contributed by atoms with van der Waals surface area (Å²) < 4.78 is 0. The van der Waals surface area contributed by atoms with E-state index < -0.39 is 0 Å². The highest BCUT2D eigenvalue weighted by Gasteiger charge is 2.36. The van der Waals surface area contributed by atoms with Crippen molar-refractivity contribution in [2.24, 2.45) is 5.41 Å². The Hall–Kier alpha value is -0.410. The Labute approximate surface area is 54.2 Å². The van der Waals surface area contributed by atoms with Gasteiger partial charge in [0, 0.05) is 12.0 Å². The van der Waals surface area contributed by atoms with Gasteiger partial charge in [-0.25, -0.2) is 0 Å². The smallest absolute Gasteiger partial charge is 0.156 e. The highest BCUT2D eigenvalue weighted by Crippen LogP contribution is 2.23. The fourth-order valence-electron chi connectivity index (χ4n) is 0.980. The van der Waals surface area contributed by atoms with Gasteiger partial charge >= 0.3 is 0 Å². The second-order valence-electron chi connectivity index (χ2n) is 3.13. The minimum atomic E-state index is -0.339. The summed E-state index contributed by atoms with van der Waals surface area (Å²) in [5, 5.41) is 9.91. The number of hydrogen-bond donors (Lipinski definition) is 1. The van der Waals surface area contributed by atoms with Crippen molar-refractivity contribution >= 4 is 5.78 Å². The first-order valence-corrected chi connectivity index (χ1v) is 2.99. The van der Waals surface area contributed by atoms with Gasteiger partial charge in [-0.05, 0) is 0 Å². The first-order chi connectivity index (χ1) is 4.02. The van der Waals surface area contributed by atoms with Crippen LogP contribution < -0.4 is 0 Å². The Kier molecular flexibility index (Phi) is 1.33. The number of carbonyl (C=O) groups excluding carboxylic acids is 1. The number of nitrogens with zero attached hydrogens (tertiary/aromatic N) is 1. The lowest BCUT2D eigenvalue weighted by molar-refractivity contribution is -0.124. The highest BCUT2D eigenvalue weighted by atomic mass is 16.5. The van der Waals surface area contributed by atoms with Crippen molar-refractivity contribution < 1.29 is 10.0 Å². The maximum Gasteiger partial charge on any atom is 0.156 e. The average molecular weight is 129 g/mol. The molecule has 0 spiro atoms. The van der Waals surface area contributed by atoms with Crippen molar-refractivity contribution in [3.05, 3.63) is 0 Å². The van der Waals surface area contributed by atoms with Crippen LogP contribution in [-0.2, 0) is 4.79 Å². The molecule has 1 N–H and O–H groups in total. The van der Waals surface area contributed by atoms with Crippen LogP contribution in [0.4, 0.5) is 0 Å². The van der Waals surface area contributed by atoms with E-state index >= 15 is 0 Å². The molecule has 52 valence electrons. The number of hydrogen-bond acceptors (Lipinski definition) is 3. The predicted molar refractivity (Wildman–Crippen MR) is 32.1 cm³/mol. The molecule has 1 fully saturated rings. The molecule has 0 radical (unpaired) electrons. The Balaban J connectivity index is 2.70. The summed E-state index contributed by atoms with van der Waals surface area (Å²) in [6.45, 7) is 4.33. The van der Waals surface area contributed by atoms with Crippen molar-refractivity contribution in [1.29, 1.82) is 0 Å². The van der Waals surface area contributed by atoms with Gasteiger partial charge in [0.1, 0.15) is 0 Å². The van der Waals surface area contributed by atoms with Crippen LogP contribution in [0.5, 0.6) is 0 Å². The van der Waals surface area contributed by atoms with Crippen LogP contribution in [0.25, 0.3) is 0 Å². The molecule has 1 saturated heterocycles. The largest absolute Gasteiger partial charge is 0.314 e. The molecule has 0 aromatic carbocycles. The normalized spacial score (nSPS) is 27.2. The first kappa shape index (κ1) is 6.71. The van der Waals surface area contributed by atoms with Crippen molar-refractivity contribution in [3.63, 3.8) is 0 Å². The van der Waals surface area contributed by atoms with Crippen LogP contribution in [0, 0.1) is 5.41 Å². The summed E-state index contributed by atoms with van der Waals surface area (Å²) in [4.78, 5) is 10.9. The van der Waals surface area contributed by atoms with Gasteiger partial charge in [0.25, 0.3) is 0 Å². The zero-order chi connectivity index (χ0) is 7.07. The van der Waals surface area contributed by atoms with E-state index in [-0.39, 0.29) is 17.7 Å². The van der Waals surface area contributed by atoms with E-state index in [0.29, 0.717) is 6.54 Å². The van der Waals surface area contributed by atoms with Gasteiger partial charge in [-0.3, -0.25) is 4.79 Å². The Bertz CT molecular complexity index is 142. The Morgan fingerprint density at radius 1 is 1.67 bits per heavy atom. The number of Topliss-reactive ketones (excluding diaryl/α,β-unsaturated/α-hetero) is 1. The van der Waals surface area contributed by atoms with Crippen molar-refractivity contribution in [3.8, 4) is 0 Å². The lowest BCUT2D eigenvalue weighted by atomic mass is 9.92. The average Bonchev–Trinajstić information content (AvgIpc) is 1.79. The molecule has 0 unspecified atom stereocenters. The number of carbonyl (C=O) groups is 1. The summed E-state index contributed by atoms with van der Waals surface area (Å²) in [7, 11) is 0. The van der Waals surface area contributed by atoms with Crippen molar-refractivity contribution in [2.75, 3.05) is 13.1 Å². The molecule has 0 aromatic heterocycles. The summed E-state index contributed by atoms with van der Waals surface area (Å²) in [6.07, 6.45) is 0. The number of hydroxylamine groups is 2. The van der Waals surface area contributed by atoms with Crippen LogP contribution in [0.3, 0.4) is 0 Å². The third-order valence-electron chi connectivity index (χ3n) is 1.66. The minimum absolute atomic E-state index is 0.116. The molecule has 0 aliphatic carbocycles. The Morgan fingerprint density at radius 2 is 2.22 bits per heavy atom. The molecule has 9 heavy (non-hydrogen) atoms. The predicted octanol–water partition coefficient (Wildman–Crippen LogP) is 0.286. The first-order valence-electron chi connectivity index (χ1n) is 2.99. The van der Waals surface area contributed by atoms with E-state index in [1.807, 2.05) is 13.8 Å². The molecule has 3 heteroatoms. The topological polar surface area (TPSA) is 40.5 Å². The van der Waals surface area contributed by atoms with E-state index in [0.717, 1.165) is 5.06 Å². The van der Waals surface area contributed by atoms with Crippen LogP contribution in [0.15, 0.2) is 0 Å². The van der Waals surface area contributed by atoms with Gasteiger partial charge in [-0.15, -0.1) is 0 Å². The lowest BCUT2D eigenvalue weighted by Gasteiger charge is -2.12. The zero-order valence-corrected chi connectivity index (χ0v) is 5.72. The highest BCUT2D eigenvalue weighted by molar-refractivity contribution is 5.87. The van der Waals surface area contributed by atoms with Gasteiger partial charge in [0.15, 0.2) is 5.78 Å². The maximum absolute atomic E-state index is 10.9. The van der Waals surface area contributed by atoms with Crippen molar-refractivity contribution in [1.82, 2.24) is 5.06 Å². The molecule has 0 bridgehead atoms. The maximum atomic E-state index is 10.9. The molecule has 1 aliphatic rings. The third kappa shape index (κ3) is 1.11. The molecule has 0 amide bonds. The van der Waals surface area contributed by atoms with Crippen LogP contribution in [0.1, 0.15) is 13.8 Å².